The molecule has 2 N–H and O–H groups in total. The number of carbonyl (C=O) groups excluding carboxylic acids is 1. The van der Waals surface area contributed by atoms with Gasteiger partial charge in [0, 0.05) is 35.8 Å². The van der Waals surface area contributed by atoms with Gasteiger partial charge in [-0.1, -0.05) is 0 Å². The van der Waals surface area contributed by atoms with Gasteiger partial charge in [0.1, 0.15) is 11.4 Å². The lowest BCUT2D eigenvalue weighted by Gasteiger charge is -2.27. The molecule has 0 radical (unpaired) electrons. The van der Waals surface area contributed by atoms with Crippen LogP contribution < -0.4 is 5.32 Å². The fourth-order valence-electron chi connectivity index (χ4n) is 4.78. The molecule has 0 aliphatic carbocycles. The number of hydrogen-bond donors (Lipinski definition) is 2. The average molecular weight is 468 g/mol. The predicted molar refractivity (Wildman–Crippen MR) is 131 cm³/mol. The highest BCUT2D eigenvalue weighted by Gasteiger charge is 2.32. The number of amidine groups is 1. The smallest absolute Gasteiger partial charge is 0.408 e. The van der Waals surface area contributed by atoms with E-state index in [1.807, 2.05) is 32.5 Å². The minimum atomic E-state index is -1.04. The molecular formula is C24H41N3O4S. The maximum absolute atomic E-state index is 12.2. The zero-order valence-corrected chi connectivity index (χ0v) is 21.0. The summed E-state index contributed by atoms with van der Waals surface area (Å²) in [6.07, 6.45) is 9.66. The molecule has 5 unspecified atom stereocenters. The summed E-state index contributed by atoms with van der Waals surface area (Å²) in [4.78, 5) is 21.7. The lowest BCUT2D eigenvalue weighted by Crippen LogP contribution is -2.47. The number of fused-ring (bicyclic) bond motifs is 1. The fourth-order valence-corrected chi connectivity index (χ4v) is 6.49. The van der Waals surface area contributed by atoms with Gasteiger partial charge in [-0.25, -0.2) is 9.79 Å². The van der Waals surface area contributed by atoms with Gasteiger partial charge in [-0.05, 0) is 85.0 Å². The molecule has 0 bridgehead atoms. The number of hydrogen-bond acceptors (Lipinski definition) is 7. The Morgan fingerprint density at radius 3 is 2.78 bits per heavy atom. The normalized spacial score (nSPS) is 27.7. The van der Waals surface area contributed by atoms with Crippen molar-refractivity contribution in [3.05, 3.63) is 0 Å². The zero-order valence-electron chi connectivity index (χ0n) is 20.1. The van der Waals surface area contributed by atoms with Crippen molar-refractivity contribution >= 4 is 29.4 Å². The lowest BCUT2D eigenvalue weighted by atomic mass is 9.89. The number of alkyl carbamates (subject to hydrolysis) is 1. The fraction of sp³-hybridized carbons (Fsp3) is 0.875. The van der Waals surface area contributed by atoms with Crippen molar-refractivity contribution in [2.75, 3.05) is 13.7 Å². The third-order valence-electron chi connectivity index (χ3n) is 6.40. The number of nitrogens with zero attached hydrogens (tertiary/aromatic N) is 2. The second-order valence-electron chi connectivity index (χ2n) is 10.3. The van der Waals surface area contributed by atoms with Crippen LogP contribution in [0.4, 0.5) is 4.79 Å². The maximum Gasteiger partial charge on any atom is 0.408 e. The predicted octanol–water partition coefficient (Wildman–Crippen LogP) is 4.71. The van der Waals surface area contributed by atoms with E-state index in [-0.39, 0.29) is 0 Å². The Kier molecular flexibility index (Phi) is 9.44. The molecule has 3 heterocycles. The van der Waals surface area contributed by atoms with Crippen LogP contribution in [0.5, 0.6) is 0 Å². The van der Waals surface area contributed by atoms with E-state index in [4.69, 9.17) is 14.5 Å². The van der Waals surface area contributed by atoms with Crippen LogP contribution in [0.15, 0.2) is 9.98 Å². The number of thioether (sulfide) groups is 1. The van der Waals surface area contributed by atoms with Gasteiger partial charge in [-0.15, -0.1) is 0 Å². The van der Waals surface area contributed by atoms with Crippen LogP contribution >= 0.6 is 11.8 Å². The largest absolute Gasteiger partial charge is 0.444 e. The van der Waals surface area contributed by atoms with Crippen LogP contribution in [0.2, 0.25) is 0 Å². The summed E-state index contributed by atoms with van der Waals surface area (Å²) in [6, 6.07) is -0.480. The highest BCUT2D eigenvalue weighted by molar-refractivity contribution is 8.00. The van der Waals surface area contributed by atoms with Crippen molar-refractivity contribution in [1.29, 1.82) is 0 Å². The van der Waals surface area contributed by atoms with Gasteiger partial charge in [-0.2, -0.15) is 11.8 Å². The van der Waals surface area contributed by atoms with E-state index in [1.165, 1.54) is 51.3 Å². The first-order chi connectivity index (χ1) is 15.2. The Morgan fingerprint density at radius 1 is 1.25 bits per heavy atom. The highest BCUT2D eigenvalue weighted by atomic mass is 32.2. The Morgan fingerprint density at radius 2 is 2.03 bits per heavy atom. The molecule has 0 aromatic rings. The first-order valence-electron chi connectivity index (χ1n) is 12.2. The lowest BCUT2D eigenvalue weighted by molar-refractivity contribution is -0.0984. The van der Waals surface area contributed by atoms with Gasteiger partial charge >= 0.3 is 6.09 Å². The second-order valence-corrected chi connectivity index (χ2v) is 11.9. The summed E-state index contributed by atoms with van der Waals surface area (Å²) in [5, 5.41) is 14.1. The molecule has 8 heteroatoms. The quantitative estimate of drug-likeness (QED) is 0.479. The Labute approximate surface area is 197 Å². The van der Waals surface area contributed by atoms with Crippen molar-refractivity contribution < 1.29 is 19.4 Å². The minimum absolute atomic E-state index is 0.397. The molecule has 32 heavy (non-hydrogen) atoms. The van der Waals surface area contributed by atoms with E-state index in [9.17, 15) is 9.90 Å². The van der Waals surface area contributed by atoms with Crippen molar-refractivity contribution in [1.82, 2.24) is 5.32 Å². The Bertz CT molecular complexity index is 691. The summed E-state index contributed by atoms with van der Waals surface area (Å²) < 4.78 is 10.5. The second kappa shape index (κ2) is 11.8. The van der Waals surface area contributed by atoms with E-state index < -0.39 is 24.0 Å². The summed E-state index contributed by atoms with van der Waals surface area (Å²) in [5.41, 5.74) is 0.763. The first kappa shape index (κ1) is 25.5. The summed E-state index contributed by atoms with van der Waals surface area (Å²) in [7, 11) is 1.45. The van der Waals surface area contributed by atoms with Crippen molar-refractivity contribution in [3.8, 4) is 0 Å². The minimum Gasteiger partial charge on any atom is -0.444 e. The third kappa shape index (κ3) is 8.03. The number of methoxy groups -OCH3 is 1. The van der Waals surface area contributed by atoms with E-state index in [0.29, 0.717) is 22.8 Å². The van der Waals surface area contributed by atoms with Crippen LogP contribution in [0, 0.1) is 5.92 Å². The number of ether oxygens (including phenoxy) is 2. The van der Waals surface area contributed by atoms with Gasteiger partial charge in [-0.3, -0.25) is 4.99 Å². The molecule has 0 spiro atoms. The number of nitrogens with one attached hydrogen (secondary N) is 1. The van der Waals surface area contributed by atoms with Gasteiger partial charge in [0.05, 0.1) is 6.04 Å². The first-order valence-corrected chi connectivity index (χ1v) is 13.1. The SMILES string of the molecule is COC(O)C(CC1CCC(CCCC2=NC3=NCCCC3CC2)S1)NC(=O)OC(C)(C)C. The molecule has 1 saturated heterocycles. The number of amides is 1. The Hall–Kier alpha value is -1.12. The van der Waals surface area contributed by atoms with Crippen molar-refractivity contribution in [2.45, 2.75) is 113 Å². The number of aliphatic hydroxyl groups is 1. The van der Waals surface area contributed by atoms with E-state index in [0.717, 1.165) is 31.6 Å². The van der Waals surface area contributed by atoms with Crippen LogP contribution in [0.3, 0.4) is 0 Å². The summed E-state index contributed by atoms with van der Waals surface area (Å²) >= 11 is 1.99. The molecule has 3 rings (SSSR count). The number of aliphatic hydroxyl groups excluding tert-OH is 1. The van der Waals surface area contributed by atoms with Gasteiger partial charge in [0.2, 0.25) is 0 Å². The van der Waals surface area contributed by atoms with Gasteiger partial charge in [0.25, 0.3) is 0 Å². The van der Waals surface area contributed by atoms with Crippen LogP contribution in [0.25, 0.3) is 0 Å². The molecule has 1 fully saturated rings. The summed E-state index contributed by atoms with van der Waals surface area (Å²) in [6.45, 7) is 6.42. The molecule has 5 atom stereocenters. The number of rotatable bonds is 9. The maximum atomic E-state index is 12.2. The average Bonchev–Trinajstić information content (AvgIpc) is 3.18. The molecule has 182 valence electrons. The van der Waals surface area contributed by atoms with Crippen LogP contribution in [-0.4, -0.2) is 64.8 Å². The Balaban J connectivity index is 1.41. The molecule has 0 saturated carbocycles. The topological polar surface area (TPSA) is 92.5 Å². The van der Waals surface area contributed by atoms with Crippen molar-refractivity contribution in [2.24, 2.45) is 15.9 Å². The number of aliphatic imine (C=N–C) groups is 2. The van der Waals surface area contributed by atoms with Gasteiger partial charge < -0.3 is 19.9 Å². The molecule has 1 amide bonds. The molecule has 7 nitrogen and oxygen atoms in total. The zero-order chi connectivity index (χ0) is 23.1. The molecular weight excluding hydrogens is 426 g/mol. The molecule has 3 aliphatic heterocycles. The van der Waals surface area contributed by atoms with Crippen LogP contribution in [-0.2, 0) is 9.47 Å². The standard InChI is InChI=1S/C24H41N3O4S/c1-24(2,3)31-23(29)27-20(22(28)30-4)15-19-13-12-18(32-19)9-5-8-17-11-10-16-7-6-14-25-21(16)26-17/h16,18-20,22,28H,5-15H2,1-4H3,(H,27,29). The van der Waals surface area contributed by atoms with Crippen molar-refractivity contribution in [3.63, 3.8) is 0 Å². The molecule has 3 aliphatic rings. The number of carbonyl (C=O) groups is 1. The highest BCUT2D eigenvalue weighted by Crippen LogP contribution is 2.39. The van der Waals surface area contributed by atoms with E-state index in [2.05, 4.69) is 10.3 Å². The van der Waals surface area contributed by atoms with E-state index >= 15 is 0 Å². The molecule has 0 aromatic heterocycles. The van der Waals surface area contributed by atoms with Crippen LogP contribution in [0.1, 0.15) is 85.0 Å². The third-order valence-corrected chi connectivity index (χ3v) is 8.06. The molecule has 0 aromatic carbocycles. The monoisotopic (exact) mass is 467 g/mol. The van der Waals surface area contributed by atoms with Gasteiger partial charge in [0.15, 0.2) is 6.29 Å². The van der Waals surface area contributed by atoms with E-state index in [1.54, 1.807) is 0 Å². The summed E-state index contributed by atoms with van der Waals surface area (Å²) in [5.74, 6) is 1.73.